The molecule has 0 spiro atoms. The highest BCUT2D eigenvalue weighted by Crippen LogP contribution is 2.29. The summed E-state index contributed by atoms with van der Waals surface area (Å²) in [5, 5.41) is 9.71. The molecule has 0 radical (unpaired) electrons. The minimum Gasteiger partial charge on any atom is -0.480 e. The van der Waals surface area contributed by atoms with Gasteiger partial charge in [-0.1, -0.05) is 48.5 Å². The zero-order chi connectivity index (χ0) is 14.8. The lowest BCUT2D eigenvalue weighted by Crippen LogP contribution is -2.38. The molecule has 0 aromatic heterocycles. The van der Waals surface area contributed by atoms with Crippen LogP contribution in [-0.4, -0.2) is 22.5 Å². The van der Waals surface area contributed by atoms with Crippen LogP contribution in [0.15, 0.2) is 48.5 Å². The van der Waals surface area contributed by atoms with Crippen LogP contribution in [0.3, 0.4) is 0 Å². The molecule has 1 aliphatic heterocycles. The van der Waals surface area contributed by atoms with Gasteiger partial charge in [0.1, 0.15) is 6.04 Å². The fourth-order valence-corrected chi connectivity index (χ4v) is 3.12. The van der Waals surface area contributed by atoms with Gasteiger partial charge in [-0.2, -0.15) is 0 Å². The molecular weight excluding hydrogens is 262 g/mol. The summed E-state index contributed by atoms with van der Waals surface area (Å²) in [5.41, 5.74) is 4.50. The molecule has 0 bridgehead atoms. The van der Waals surface area contributed by atoms with Crippen molar-refractivity contribution in [3.63, 3.8) is 0 Å². The third kappa shape index (κ3) is 2.69. The summed E-state index contributed by atoms with van der Waals surface area (Å²) in [6.07, 6.45) is 0.909. The van der Waals surface area contributed by atoms with E-state index in [4.69, 9.17) is 0 Å². The molecule has 108 valence electrons. The van der Waals surface area contributed by atoms with E-state index in [1.807, 2.05) is 43.3 Å². The van der Waals surface area contributed by atoms with E-state index in [0.717, 1.165) is 24.1 Å². The second-order valence-corrected chi connectivity index (χ2v) is 5.59. The Balaban J connectivity index is 1.94. The molecule has 1 aliphatic rings. The lowest BCUT2D eigenvalue weighted by molar-refractivity contribution is -0.144. The number of nitrogens with zero attached hydrogens (tertiary/aromatic N) is 1. The van der Waals surface area contributed by atoms with E-state index in [0.29, 0.717) is 6.54 Å². The SMILES string of the molecule is Cc1ccccc1C(C(=O)O)N1CCc2ccccc2C1. The number of hydrogen-bond donors (Lipinski definition) is 1. The summed E-state index contributed by atoms with van der Waals surface area (Å²) < 4.78 is 0. The Morgan fingerprint density at radius 1 is 1.10 bits per heavy atom. The first-order valence-electron chi connectivity index (χ1n) is 7.26. The summed E-state index contributed by atoms with van der Waals surface area (Å²) in [5.74, 6) is -0.774. The van der Waals surface area contributed by atoms with Gasteiger partial charge < -0.3 is 5.11 Å². The van der Waals surface area contributed by atoms with Crippen LogP contribution >= 0.6 is 0 Å². The van der Waals surface area contributed by atoms with Gasteiger partial charge in [0.25, 0.3) is 0 Å². The summed E-state index contributed by atoms with van der Waals surface area (Å²) in [6.45, 7) is 3.45. The van der Waals surface area contributed by atoms with Gasteiger partial charge in [-0.05, 0) is 35.6 Å². The average molecular weight is 281 g/mol. The van der Waals surface area contributed by atoms with Crippen molar-refractivity contribution >= 4 is 5.97 Å². The molecule has 3 nitrogen and oxygen atoms in total. The average Bonchev–Trinajstić information content (AvgIpc) is 2.49. The Morgan fingerprint density at radius 2 is 1.76 bits per heavy atom. The maximum absolute atomic E-state index is 11.8. The molecule has 21 heavy (non-hydrogen) atoms. The molecule has 1 atom stereocenters. The molecule has 0 saturated heterocycles. The van der Waals surface area contributed by atoms with Gasteiger partial charge in [0.2, 0.25) is 0 Å². The summed E-state index contributed by atoms with van der Waals surface area (Å²) >= 11 is 0. The van der Waals surface area contributed by atoms with Crippen molar-refractivity contribution in [3.05, 3.63) is 70.8 Å². The number of carboxylic acids is 1. The molecule has 0 fully saturated rings. The number of aliphatic carboxylic acids is 1. The van der Waals surface area contributed by atoms with Crippen LogP contribution in [0.4, 0.5) is 0 Å². The summed E-state index contributed by atoms with van der Waals surface area (Å²) in [7, 11) is 0. The van der Waals surface area contributed by atoms with Gasteiger partial charge in [0.05, 0.1) is 0 Å². The van der Waals surface area contributed by atoms with E-state index < -0.39 is 12.0 Å². The molecule has 0 saturated carbocycles. The Kier molecular flexibility index (Phi) is 3.76. The first-order chi connectivity index (χ1) is 10.2. The second kappa shape index (κ2) is 5.70. The van der Waals surface area contributed by atoms with Crippen LogP contribution in [0.2, 0.25) is 0 Å². The van der Waals surface area contributed by atoms with Crippen LogP contribution in [0.1, 0.15) is 28.3 Å². The minimum atomic E-state index is -0.774. The van der Waals surface area contributed by atoms with Crippen molar-refractivity contribution in [1.82, 2.24) is 4.90 Å². The molecule has 1 heterocycles. The van der Waals surface area contributed by atoms with Gasteiger partial charge in [0.15, 0.2) is 0 Å². The molecule has 2 aromatic rings. The van der Waals surface area contributed by atoms with E-state index in [2.05, 4.69) is 17.0 Å². The monoisotopic (exact) mass is 281 g/mol. The molecule has 3 rings (SSSR count). The van der Waals surface area contributed by atoms with Gasteiger partial charge in [-0.3, -0.25) is 9.69 Å². The fourth-order valence-electron chi connectivity index (χ4n) is 3.12. The summed E-state index contributed by atoms with van der Waals surface area (Å²) in [6, 6.07) is 15.5. The normalized spacial score (nSPS) is 16.2. The van der Waals surface area contributed by atoms with Crippen molar-refractivity contribution in [3.8, 4) is 0 Å². The summed E-state index contributed by atoms with van der Waals surface area (Å²) in [4.78, 5) is 13.9. The van der Waals surface area contributed by atoms with Crippen molar-refractivity contribution in [2.75, 3.05) is 6.54 Å². The Labute approximate surface area is 124 Å². The smallest absolute Gasteiger partial charge is 0.325 e. The first kappa shape index (κ1) is 13.8. The van der Waals surface area contributed by atoms with Crippen molar-refractivity contribution in [2.45, 2.75) is 25.9 Å². The minimum absolute atomic E-state index is 0.570. The van der Waals surface area contributed by atoms with Gasteiger partial charge in [0, 0.05) is 13.1 Å². The van der Waals surface area contributed by atoms with Crippen LogP contribution < -0.4 is 0 Å². The Bertz CT molecular complexity index is 666. The predicted octanol–water partition coefficient (Wildman–Crippen LogP) is 3.18. The lowest BCUT2D eigenvalue weighted by atomic mass is 9.94. The molecule has 3 heteroatoms. The molecule has 0 amide bonds. The Morgan fingerprint density at radius 3 is 2.48 bits per heavy atom. The van der Waals surface area contributed by atoms with Gasteiger partial charge in [-0.25, -0.2) is 0 Å². The highest BCUT2D eigenvalue weighted by Gasteiger charge is 2.30. The van der Waals surface area contributed by atoms with E-state index in [1.165, 1.54) is 11.1 Å². The fraction of sp³-hybridized carbons (Fsp3) is 0.278. The maximum Gasteiger partial charge on any atom is 0.325 e. The Hall–Kier alpha value is -2.13. The highest BCUT2D eigenvalue weighted by molar-refractivity contribution is 5.76. The maximum atomic E-state index is 11.8. The third-order valence-corrected chi connectivity index (χ3v) is 4.24. The lowest BCUT2D eigenvalue weighted by Gasteiger charge is -2.34. The zero-order valence-corrected chi connectivity index (χ0v) is 12.1. The van der Waals surface area contributed by atoms with Crippen molar-refractivity contribution in [1.29, 1.82) is 0 Å². The van der Waals surface area contributed by atoms with Gasteiger partial charge in [-0.15, -0.1) is 0 Å². The number of fused-ring (bicyclic) bond motifs is 1. The third-order valence-electron chi connectivity index (χ3n) is 4.24. The first-order valence-corrected chi connectivity index (χ1v) is 7.26. The highest BCUT2D eigenvalue weighted by atomic mass is 16.4. The van der Waals surface area contributed by atoms with E-state index in [-0.39, 0.29) is 0 Å². The molecule has 1 N–H and O–H groups in total. The molecular formula is C18H19NO2. The van der Waals surface area contributed by atoms with E-state index >= 15 is 0 Å². The quantitative estimate of drug-likeness (QED) is 0.939. The van der Waals surface area contributed by atoms with Crippen LogP contribution in [0.25, 0.3) is 0 Å². The van der Waals surface area contributed by atoms with Crippen LogP contribution in [0.5, 0.6) is 0 Å². The van der Waals surface area contributed by atoms with E-state index in [9.17, 15) is 9.90 Å². The molecule has 0 aliphatic carbocycles. The predicted molar refractivity (Wildman–Crippen MR) is 82.1 cm³/mol. The second-order valence-electron chi connectivity index (χ2n) is 5.59. The van der Waals surface area contributed by atoms with Crippen LogP contribution in [0, 0.1) is 6.92 Å². The van der Waals surface area contributed by atoms with Crippen LogP contribution in [-0.2, 0) is 17.8 Å². The van der Waals surface area contributed by atoms with Gasteiger partial charge >= 0.3 is 5.97 Å². The topological polar surface area (TPSA) is 40.5 Å². The van der Waals surface area contributed by atoms with Crippen molar-refractivity contribution < 1.29 is 9.90 Å². The zero-order valence-electron chi connectivity index (χ0n) is 12.1. The standard InChI is InChI=1S/C18H19NO2/c1-13-6-2-5-9-16(13)17(18(20)21)19-11-10-14-7-3-4-8-15(14)12-19/h2-9,17H,10-12H2,1H3,(H,20,21). The van der Waals surface area contributed by atoms with E-state index in [1.54, 1.807) is 0 Å². The number of aryl methyl sites for hydroxylation is 1. The number of carboxylic acid groups (broad SMARTS) is 1. The largest absolute Gasteiger partial charge is 0.480 e. The molecule has 2 aromatic carbocycles. The number of hydrogen-bond acceptors (Lipinski definition) is 2. The molecule has 1 unspecified atom stereocenters. The number of rotatable bonds is 3. The number of benzene rings is 2. The number of carbonyl (C=O) groups is 1. The van der Waals surface area contributed by atoms with Crippen molar-refractivity contribution in [2.24, 2.45) is 0 Å².